The van der Waals surface area contributed by atoms with Crippen LogP contribution in [0.5, 0.6) is 5.75 Å². The van der Waals surface area contributed by atoms with Gasteiger partial charge in [-0.25, -0.2) is 4.98 Å². The van der Waals surface area contributed by atoms with Gasteiger partial charge in [-0.05, 0) is 29.2 Å². The molecule has 1 N–H and O–H groups in total. The lowest BCUT2D eigenvalue weighted by molar-refractivity contribution is 0.448. The fraction of sp³-hybridized carbons (Fsp3) is 0.235. The van der Waals surface area contributed by atoms with Crippen molar-refractivity contribution < 1.29 is 5.11 Å². The van der Waals surface area contributed by atoms with Crippen LogP contribution in [0.2, 0.25) is 0 Å². The zero-order valence-corrected chi connectivity index (χ0v) is 12.7. The van der Waals surface area contributed by atoms with Crippen LogP contribution in [0, 0.1) is 0 Å². The molecule has 0 aliphatic rings. The van der Waals surface area contributed by atoms with Crippen LogP contribution in [-0.4, -0.2) is 10.1 Å². The molecule has 0 spiro atoms. The zero-order valence-electron chi connectivity index (χ0n) is 11.8. The van der Waals surface area contributed by atoms with E-state index in [0.717, 1.165) is 26.4 Å². The summed E-state index contributed by atoms with van der Waals surface area (Å²) in [6, 6.07) is 13.9. The Labute approximate surface area is 122 Å². The van der Waals surface area contributed by atoms with Crippen LogP contribution in [-0.2, 0) is 5.41 Å². The highest BCUT2D eigenvalue weighted by Crippen LogP contribution is 2.40. The Morgan fingerprint density at radius 3 is 2.45 bits per heavy atom. The molecule has 2 nitrogen and oxygen atoms in total. The number of fused-ring (bicyclic) bond motifs is 1. The molecule has 3 rings (SSSR count). The minimum atomic E-state index is -0.0865. The van der Waals surface area contributed by atoms with Crippen LogP contribution in [0.25, 0.3) is 20.8 Å². The molecular weight excluding hydrogens is 266 g/mol. The van der Waals surface area contributed by atoms with E-state index in [9.17, 15) is 5.11 Å². The molecule has 2 aromatic carbocycles. The molecule has 0 radical (unpaired) electrons. The maximum Gasteiger partial charge on any atom is 0.129 e. The molecule has 102 valence electrons. The van der Waals surface area contributed by atoms with Crippen molar-refractivity contribution in [2.24, 2.45) is 0 Å². The van der Waals surface area contributed by atoms with Crippen LogP contribution in [0.15, 0.2) is 42.5 Å². The lowest BCUT2D eigenvalue weighted by atomic mass is 9.85. The SMILES string of the molecule is CC(C)(C)c1cccc(-c2nc3ccccc3s2)c1O. The Morgan fingerprint density at radius 2 is 1.75 bits per heavy atom. The summed E-state index contributed by atoms with van der Waals surface area (Å²) in [7, 11) is 0. The van der Waals surface area contributed by atoms with Gasteiger partial charge in [-0.3, -0.25) is 0 Å². The van der Waals surface area contributed by atoms with Gasteiger partial charge in [0.05, 0.1) is 15.8 Å². The van der Waals surface area contributed by atoms with Crippen molar-refractivity contribution >= 4 is 21.6 Å². The summed E-state index contributed by atoms with van der Waals surface area (Å²) in [4.78, 5) is 4.63. The second-order valence-electron chi connectivity index (χ2n) is 5.94. The van der Waals surface area contributed by atoms with Gasteiger partial charge in [0.1, 0.15) is 10.8 Å². The van der Waals surface area contributed by atoms with Crippen LogP contribution >= 0.6 is 11.3 Å². The molecule has 0 saturated carbocycles. The standard InChI is InChI=1S/C17H17NOS/c1-17(2,3)12-8-6-7-11(15(12)19)16-18-13-9-4-5-10-14(13)20-16/h4-10,19H,1-3H3. The molecule has 1 heterocycles. The highest BCUT2D eigenvalue weighted by molar-refractivity contribution is 7.21. The number of para-hydroxylation sites is 2. The van der Waals surface area contributed by atoms with Crippen molar-refractivity contribution in [1.29, 1.82) is 0 Å². The van der Waals surface area contributed by atoms with Gasteiger partial charge in [-0.15, -0.1) is 11.3 Å². The highest BCUT2D eigenvalue weighted by Gasteiger charge is 2.21. The van der Waals surface area contributed by atoms with Crippen molar-refractivity contribution in [2.75, 3.05) is 0 Å². The van der Waals surface area contributed by atoms with E-state index in [1.165, 1.54) is 0 Å². The Bertz CT molecular complexity index is 735. The number of benzene rings is 2. The predicted octanol–water partition coefficient (Wildman–Crippen LogP) is 4.97. The van der Waals surface area contributed by atoms with Crippen molar-refractivity contribution in [1.82, 2.24) is 4.98 Å². The van der Waals surface area contributed by atoms with E-state index in [1.54, 1.807) is 11.3 Å². The molecule has 0 aliphatic heterocycles. The molecule has 0 atom stereocenters. The van der Waals surface area contributed by atoms with E-state index in [0.29, 0.717) is 5.75 Å². The third-order valence-corrected chi connectivity index (χ3v) is 4.44. The number of hydrogen-bond donors (Lipinski definition) is 1. The number of nitrogens with zero attached hydrogens (tertiary/aromatic N) is 1. The molecule has 0 fully saturated rings. The van der Waals surface area contributed by atoms with Crippen molar-refractivity contribution in [3.8, 4) is 16.3 Å². The fourth-order valence-corrected chi connectivity index (χ4v) is 3.30. The average Bonchev–Trinajstić information content (AvgIpc) is 2.81. The number of thiazole rings is 1. The monoisotopic (exact) mass is 283 g/mol. The second kappa shape index (κ2) is 4.60. The molecular formula is C17H17NOS. The number of phenolic OH excluding ortho intramolecular Hbond substituents is 1. The first-order valence-corrected chi connectivity index (χ1v) is 7.47. The van der Waals surface area contributed by atoms with Gasteiger partial charge < -0.3 is 5.11 Å². The molecule has 1 aromatic heterocycles. The molecule has 0 unspecified atom stereocenters. The Kier molecular flexibility index (Phi) is 3.02. The van der Waals surface area contributed by atoms with Gasteiger partial charge >= 0.3 is 0 Å². The Balaban J connectivity index is 2.19. The summed E-state index contributed by atoms with van der Waals surface area (Å²) in [6.07, 6.45) is 0. The number of aromatic nitrogens is 1. The fourth-order valence-electron chi connectivity index (χ4n) is 2.31. The molecule has 0 saturated heterocycles. The number of rotatable bonds is 1. The van der Waals surface area contributed by atoms with E-state index < -0.39 is 0 Å². The summed E-state index contributed by atoms with van der Waals surface area (Å²) in [5, 5.41) is 11.4. The van der Waals surface area contributed by atoms with E-state index >= 15 is 0 Å². The number of aromatic hydroxyl groups is 1. The maximum atomic E-state index is 10.6. The topological polar surface area (TPSA) is 33.1 Å². The van der Waals surface area contributed by atoms with Gasteiger partial charge in [0, 0.05) is 0 Å². The van der Waals surface area contributed by atoms with Crippen LogP contribution < -0.4 is 0 Å². The largest absolute Gasteiger partial charge is 0.507 e. The van der Waals surface area contributed by atoms with Crippen molar-refractivity contribution in [3.05, 3.63) is 48.0 Å². The summed E-state index contributed by atoms with van der Waals surface area (Å²) in [5.74, 6) is 0.346. The smallest absolute Gasteiger partial charge is 0.129 e. The predicted molar refractivity (Wildman–Crippen MR) is 85.4 cm³/mol. The second-order valence-corrected chi connectivity index (χ2v) is 6.97. The average molecular weight is 283 g/mol. The molecule has 3 aromatic rings. The van der Waals surface area contributed by atoms with Gasteiger partial charge in [-0.1, -0.05) is 45.0 Å². The normalized spacial score (nSPS) is 11.9. The first-order valence-electron chi connectivity index (χ1n) is 6.65. The zero-order chi connectivity index (χ0) is 14.3. The van der Waals surface area contributed by atoms with Crippen LogP contribution in [0.1, 0.15) is 26.3 Å². The minimum Gasteiger partial charge on any atom is -0.507 e. The van der Waals surface area contributed by atoms with Gasteiger partial charge in [0.25, 0.3) is 0 Å². The summed E-state index contributed by atoms with van der Waals surface area (Å²) in [6.45, 7) is 6.30. The Morgan fingerprint density at radius 1 is 1.00 bits per heavy atom. The van der Waals surface area contributed by atoms with Crippen LogP contribution in [0.4, 0.5) is 0 Å². The number of hydrogen-bond acceptors (Lipinski definition) is 3. The van der Waals surface area contributed by atoms with E-state index in [4.69, 9.17) is 0 Å². The first-order chi connectivity index (χ1) is 9.47. The van der Waals surface area contributed by atoms with Gasteiger partial charge in [-0.2, -0.15) is 0 Å². The van der Waals surface area contributed by atoms with Gasteiger partial charge in [0.15, 0.2) is 0 Å². The third kappa shape index (κ3) is 2.18. The summed E-state index contributed by atoms with van der Waals surface area (Å²) in [5.41, 5.74) is 2.66. The molecule has 0 aliphatic carbocycles. The lowest BCUT2D eigenvalue weighted by Crippen LogP contribution is -2.11. The lowest BCUT2D eigenvalue weighted by Gasteiger charge is -2.21. The third-order valence-electron chi connectivity index (χ3n) is 3.37. The van der Waals surface area contributed by atoms with Crippen molar-refractivity contribution in [2.45, 2.75) is 26.2 Å². The molecule has 0 amide bonds. The summed E-state index contributed by atoms with van der Waals surface area (Å²) >= 11 is 1.61. The molecule has 3 heteroatoms. The van der Waals surface area contributed by atoms with Gasteiger partial charge in [0.2, 0.25) is 0 Å². The Hall–Kier alpha value is -1.87. The maximum absolute atomic E-state index is 10.6. The highest BCUT2D eigenvalue weighted by atomic mass is 32.1. The van der Waals surface area contributed by atoms with E-state index in [1.807, 2.05) is 36.4 Å². The summed E-state index contributed by atoms with van der Waals surface area (Å²) < 4.78 is 1.14. The first kappa shape index (κ1) is 13.1. The minimum absolute atomic E-state index is 0.0865. The van der Waals surface area contributed by atoms with E-state index in [2.05, 4.69) is 31.8 Å². The molecule has 20 heavy (non-hydrogen) atoms. The molecule has 0 bridgehead atoms. The quantitative estimate of drug-likeness (QED) is 0.684. The van der Waals surface area contributed by atoms with Crippen molar-refractivity contribution in [3.63, 3.8) is 0 Å². The van der Waals surface area contributed by atoms with E-state index in [-0.39, 0.29) is 5.41 Å². The van der Waals surface area contributed by atoms with Crippen LogP contribution in [0.3, 0.4) is 0 Å². The number of phenols is 1.